The number of rotatable bonds is 4. The number of carbonyl (C=O) groups excluding carboxylic acids is 2. The number of hydrogen-bond donors (Lipinski definition) is 2. The molecule has 0 unspecified atom stereocenters. The van der Waals surface area contributed by atoms with Gasteiger partial charge in [0.2, 0.25) is 0 Å². The third-order valence-corrected chi connectivity index (χ3v) is 3.15. The van der Waals surface area contributed by atoms with Crippen molar-refractivity contribution in [2.75, 3.05) is 5.32 Å². The lowest BCUT2D eigenvalue weighted by Crippen LogP contribution is -2.31. The monoisotopic (exact) mass is 296 g/mol. The maximum Gasteiger partial charge on any atom is 0.255 e. The standard InChI is InChI=1S/C18H20N2O2/c1-12(2)19-18(22)15-6-4-5-7-16(15)20-17(21)14-10-8-13(3)9-11-14/h4-12H,1-3H3,(H,19,22)(H,20,21). The summed E-state index contributed by atoms with van der Waals surface area (Å²) in [5, 5.41) is 5.63. The molecule has 0 bridgehead atoms. The van der Waals surface area contributed by atoms with Gasteiger partial charge in [0.05, 0.1) is 11.3 Å². The first-order valence-electron chi connectivity index (χ1n) is 7.25. The summed E-state index contributed by atoms with van der Waals surface area (Å²) in [4.78, 5) is 24.5. The zero-order chi connectivity index (χ0) is 16.1. The van der Waals surface area contributed by atoms with E-state index in [4.69, 9.17) is 0 Å². The maximum absolute atomic E-state index is 12.3. The molecule has 0 atom stereocenters. The van der Waals surface area contributed by atoms with Gasteiger partial charge in [0.15, 0.2) is 0 Å². The molecule has 0 saturated heterocycles. The van der Waals surface area contributed by atoms with Crippen LogP contribution >= 0.6 is 0 Å². The van der Waals surface area contributed by atoms with E-state index in [2.05, 4.69) is 10.6 Å². The molecule has 4 heteroatoms. The van der Waals surface area contributed by atoms with Gasteiger partial charge in [0.1, 0.15) is 0 Å². The highest BCUT2D eigenvalue weighted by Gasteiger charge is 2.14. The van der Waals surface area contributed by atoms with Crippen LogP contribution in [0.2, 0.25) is 0 Å². The lowest BCUT2D eigenvalue weighted by molar-refractivity contribution is 0.0944. The molecule has 0 radical (unpaired) electrons. The molecule has 22 heavy (non-hydrogen) atoms. The van der Waals surface area contributed by atoms with Crippen LogP contribution in [0.3, 0.4) is 0 Å². The van der Waals surface area contributed by atoms with Crippen molar-refractivity contribution in [1.29, 1.82) is 0 Å². The SMILES string of the molecule is Cc1ccc(C(=O)Nc2ccccc2C(=O)NC(C)C)cc1. The zero-order valence-corrected chi connectivity index (χ0v) is 13.0. The fourth-order valence-corrected chi connectivity index (χ4v) is 2.03. The lowest BCUT2D eigenvalue weighted by Gasteiger charge is -2.13. The predicted molar refractivity (Wildman–Crippen MR) is 88.2 cm³/mol. The second kappa shape index (κ2) is 6.89. The van der Waals surface area contributed by atoms with E-state index in [9.17, 15) is 9.59 Å². The van der Waals surface area contributed by atoms with Gasteiger partial charge in [0.25, 0.3) is 11.8 Å². The number of amides is 2. The van der Waals surface area contributed by atoms with Crippen LogP contribution in [0.5, 0.6) is 0 Å². The molecule has 4 nitrogen and oxygen atoms in total. The molecule has 0 spiro atoms. The van der Waals surface area contributed by atoms with Gasteiger partial charge in [-0.15, -0.1) is 0 Å². The predicted octanol–water partition coefficient (Wildman–Crippen LogP) is 3.39. The number of nitrogens with one attached hydrogen (secondary N) is 2. The van der Waals surface area contributed by atoms with Gasteiger partial charge >= 0.3 is 0 Å². The van der Waals surface area contributed by atoms with Crippen molar-refractivity contribution >= 4 is 17.5 Å². The Hall–Kier alpha value is -2.62. The van der Waals surface area contributed by atoms with Gasteiger partial charge in [-0.25, -0.2) is 0 Å². The molecule has 2 rings (SSSR count). The third-order valence-electron chi connectivity index (χ3n) is 3.15. The van der Waals surface area contributed by atoms with Crippen LogP contribution in [0.1, 0.15) is 40.1 Å². The van der Waals surface area contributed by atoms with E-state index >= 15 is 0 Å². The highest BCUT2D eigenvalue weighted by molar-refractivity contribution is 6.09. The Morgan fingerprint density at radius 3 is 2.18 bits per heavy atom. The topological polar surface area (TPSA) is 58.2 Å². The summed E-state index contributed by atoms with van der Waals surface area (Å²) in [7, 11) is 0. The van der Waals surface area contributed by atoms with E-state index in [0.29, 0.717) is 16.8 Å². The van der Waals surface area contributed by atoms with Crippen molar-refractivity contribution in [3.63, 3.8) is 0 Å². The van der Waals surface area contributed by atoms with Gasteiger partial charge < -0.3 is 10.6 Å². The summed E-state index contributed by atoms with van der Waals surface area (Å²) >= 11 is 0. The molecule has 2 amide bonds. The molecule has 0 heterocycles. The van der Waals surface area contributed by atoms with Crippen LogP contribution in [0.15, 0.2) is 48.5 Å². The molecule has 2 aromatic rings. The molecular weight excluding hydrogens is 276 g/mol. The first kappa shape index (κ1) is 15.8. The van der Waals surface area contributed by atoms with Crippen LogP contribution in [0.25, 0.3) is 0 Å². The first-order chi connectivity index (χ1) is 10.5. The smallest absolute Gasteiger partial charge is 0.255 e. The number of para-hydroxylation sites is 1. The Labute approximate surface area is 130 Å². The summed E-state index contributed by atoms with van der Waals surface area (Å²) in [6.45, 7) is 5.75. The zero-order valence-electron chi connectivity index (χ0n) is 13.0. The summed E-state index contributed by atoms with van der Waals surface area (Å²) in [6.07, 6.45) is 0. The Bertz CT molecular complexity index is 676. The van der Waals surface area contributed by atoms with Crippen molar-refractivity contribution in [2.24, 2.45) is 0 Å². The minimum Gasteiger partial charge on any atom is -0.350 e. The van der Waals surface area contributed by atoms with Gasteiger partial charge in [-0.2, -0.15) is 0 Å². The molecular formula is C18H20N2O2. The Kier molecular flexibility index (Phi) is 4.94. The minimum absolute atomic E-state index is 0.0355. The fourth-order valence-electron chi connectivity index (χ4n) is 2.03. The molecule has 0 aliphatic rings. The van der Waals surface area contributed by atoms with Crippen LogP contribution in [-0.2, 0) is 0 Å². The van der Waals surface area contributed by atoms with Crippen LogP contribution in [0, 0.1) is 6.92 Å². The fraction of sp³-hybridized carbons (Fsp3) is 0.222. The number of benzene rings is 2. The summed E-state index contributed by atoms with van der Waals surface area (Å²) in [6, 6.07) is 14.3. The molecule has 0 saturated carbocycles. The lowest BCUT2D eigenvalue weighted by atomic mass is 10.1. The molecule has 0 aliphatic carbocycles. The molecule has 2 N–H and O–H groups in total. The van der Waals surface area contributed by atoms with Gasteiger partial charge in [-0.05, 0) is 45.0 Å². The Balaban J connectivity index is 2.21. The molecule has 0 fully saturated rings. The Morgan fingerprint density at radius 2 is 1.55 bits per heavy atom. The number of hydrogen-bond acceptors (Lipinski definition) is 2. The van der Waals surface area contributed by atoms with Crippen LogP contribution < -0.4 is 10.6 Å². The van der Waals surface area contributed by atoms with E-state index in [1.165, 1.54) is 0 Å². The third kappa shape index (κ3) is 3.95. The summed E-state index contributed by atoms with van der Waals surface area (Å²) in [5.74, 6) is -0.431. The van der Waals surface area contributed by atoms with Crippen molar-refractivity contribution in [3.8, 4) is 0 Å². The highest BCUT2D eigenvalue weighted by atomic mass is 16.2. The normalized spacial score (nSPS) is 10.4. The van der Waals surface area contributed by atoms with Crippen molar-refractivity contribution in [3.05, 3.63) is 65.2 Å². The minimum atomic E-state index is -0.232. The van der Waals surface area contributed by atoms with Crippen molar-refractivity contribution in [1.82, 2.24) is 5.32 Å². The summed E-state index contributed by atoms with van der Waals surface area (Å²) < 4.78 is 0. The van der Waals surface area contributed by atoms with Crippen LogP contribution in [-0.4, -0.2) is 17.9 Å². The van der Waals surface area contributed by atoms with Gasteiger partial charge in [-0.3, -0.25) is 9.59 Å². The van der Waals surface area contributed by atoms with E-state index in [0.717, 1.165) is 5.56 Å². The van der Waals surface area contributed by atoms with E-state index < -0.39 is 0 Å². The average Bonchev–Trinajstić information content (AvgIpc) is 2.47. The number of anilines is 1. The second-order valence-electron chi connectivity index (χ2n) is 5.49. The highest BCUT2D eigenvalue weighted by Crippen LogP contribution is 2.16. The second-order valence-corrected chi connectivity index (χ2v) is 5.49. The number of aryl methyl sites for hydroxylation is 1. The molecule has 2 aromatic carbocycles. The largest absolute Gasteiger partial charge is 0.350 e. The Morgan fingerprint density at radius 1 is 0.909 bits per heavy atom. The van der Waals surface area contributed by atoms with Gasteiger partial charge in [0, 0.05) is 11.6 Å². The summed E-state index contributed by atoms with van der Waals surface area (Å²) in [5.41, 5.74) is 2.61. The van der Waals surface area contributed by atoms with Crippen LogP contribution in [0.4, 0.5) is 5.69 Å². The quantitative estimate of drug-likeness (QED) is 0.908. The van der Waals surface area contributed by atoms with Crippen molar-refractivity contribution < 1.29 is 9.59 Å². The van der Waals surface area contributed by atoms with Gasteiger partial charge in [-0.1, -0.05) is 29.8 Å². The van der Waals surface area contributed by atoms with E-state index in [1.54, 1.807) is 36.4 Å². The van der Waals surface area contributed by atoms with Crippen molar-refractivity contribution in [2.45, 2.75) is 26.8 Å². The molecule has 114 valence electrons. The van der Waals surface area contributed by atoms with E-state index in [-0.39, 0.29) is 17.9 Å². The van der Waals surface area contributed by atoms with E-state index in [1.807, 2.05) is 32.9 Å². The molecule has 0 aromatic heterocycles. The number of carbonyl (C=O) groups is 2. The maximum atomic E-state index is 12.3. The average molecular weight is 296 g/mol. The molecule has 0 aliphatic heterocycles. The first-order valence-corrected chi connectivity index (χ1v) is 7.25.